The molecule has 2 aromatic carbocycles. The third kappa shape index (κ3) is 7.27. The fraction of sp³-hybridized carbons (Fsp3) is 0.294. The highest BCUT2D eigenvalue weighted by Gasteiger charge is 2.32. The van der Waals surface area contributed by atoms with Crippen molar-refractivity contribution < 1.29 is 19.1 Å². The third-order valence-electron chi connectivity index (χ3n) is 7.96. The molecule has 1 fully saturated rings. The number of benzene rings is 2. The van der Waals surface area contributed by atoms with Crippen LogP contribution in [-0.4, -0.2) is 51.2 Å². The van der Waals surface area contributed by atoms with E-state index in [0.29, 0.717) is 22.2 Å². The minimum atomic E-state index is -0.492. The van der Waals surface area contributed by atoms with E-state index < -0.39 is 11.9 Å². The van der Waals surface area contributed by atoms with Gasteiger partial charge >= 0.3 is 0 Å². The number of nitrogens with one attached hydrogen (secondary N) is 1. The summed E-state index contributed by atoms with van der Waals surface area (Å²) in [6.45, 7) is 6.08. The molecule has 2 aliphatic rings. The molecule has 46 heavy (non-hydrogen) atoms. The number of fused-ring (bicyclic) bond motifs is 3. The first-order chi connectivity index (χ1) is 22.0. The van der Waals surface area contributed by atoms with Crippen molar-refractivity contribution in [3.63, 3.8) is 0 Å². The summed E-state index contributed by atoms with van der Waals surface area (Å²) < 4.78 is 7.02. The van der Waals surface area contributed by atoms with Crippen molar-refractivity contribution in [2.24, 2.45) is 10.7 Å². The number of hydrogen-bond acceptors (Lipinski definition) is 8. The lowest BCUT2D eigenvalue weighted by molar-refractivity contribution is -0.118. The van der Waals surface area contributed by atoms with E-state index in [1.807, 2.05) is 35.8 Å². The maximum absolute atomic E-state index is 11.8. The van der Waals surface area contributed by atoms with E-state index in [1.165, 1.54) is 23.5 Å². The molecule has 1 aliphatic carbocycles. The number of nitrogens with zero attached hydrogens (tertiary/aromatic N) is 4. The lowest BCUT2D eigenvalue weighted by Crippen LogP contribution is -2.38. The molecule has 1 unspecified atom stereocenters. The Morgan fingerprint density at radius 3 is 2.35 bits per heavy atom. The minimum absolute atomic E-state index is 0.0716. The number of ketones is 1. The number of nitrogens with two attached hydrogens (primary N) is 1. The number of rotatable bonds is 8. The number of aromatic nitrogens is 3. The number of aliphatic imine (C=N–C) groups is 1. The van der Waals surface area contributed by atoms with Crippen molar-refractivity contribution in [3.8, 4) is 10.8 Å². The lowest BCUT2D eigenvalue weighted by atomic mass is 9.93. The first-order valence-electron chi connectivity index (χ1n) is 14.9. The molecule has 6 rings (SSSR count). The number of ether oxygens (including phenoxy) is 1. The van der Waals surface area contributed by atoms with Crippen molar-refractivity contribution in [2.75, 3.05) is 7.11 Å². The molecule has 4 aromatic rings. The molecule has 0 spiro atoms. The molecule has 1 aliphatic heterocycles. The Bertz CT molecular complexity index is 1820. The molecule has 10 nitrogen and oxygen atoms in total. The van der Waals surface area contributed by atoms with Gasteiger partial charge in [-0.3, -0.25) is 23.9 Å². The molecule has 1 saturated carbocycles. The maximum Gasteiger partial charge on any atom is 0.244 e. The fourth-order valence-electron chi connectivity index (χ4n) is 5.13. The normalized spacial score (nSPS) is 15.4. The van der Waals surface area contributed by atoms with Crippen LogP contribution >= 0.6 is 22.9 Å². The van der Waals surface area contributed by atoms with Crippen LogP contribution in [0.1, 0.15) is 75.3 Å². The molecule has 2 aromatic heterocycles. The van der Waals surface area contributed by atoms with Crippen LogP contribution in [0.2, 0.25) is 5.02 Å². The van der Waals surface area contributed by atoms with E-state index in [1.54, 1.807) is 42.7 Å². The Hall–Kier alpha value is -4.61. The van der Waals surface area contributed by atoms with Crippen LogP contribution in [0.4, 0.5) is 0 Å². The minimum Gasteiger partial charge on any atom is -0.497 e. The highest BCUT2D eigenvalue weighted by Crippen LogP contribution is 2.39. The molecule has 0 bridgehead atoms. The summed E-state index contributed by atoms with van der Waals surface area (Å²) in [5, 5.41) is 13.1. The first-order valence-corrected chi connectivity index (χ1v) is 16.1. The van der Waals surface area contributed by atoms with Gasteiger partial charge in [0.15, 0.2) is 11.6 Å². The van der Waals surface area contributed by atoms with Gasteiger partial charge in [0.05, 0.1) is 19.2 Å². The molecule has 0 radical (unpaired) electrons. The molecule has 3 heterocycles. The smallest absolute Gasteiger partial charge is 0.244 e. The lowest BCUT2D eigenvalue weighted by Gasteiger charge is -2.25. The van der Waals surface area contributed by atoms with E-state index in [2.05, 4.69) is 29.4 Å². The summed E-state index contributed by atoms with van der Waals surface area (Å²) in [6, 6.07) is 14.1. The van der Waals surface area contributed by atoms with Crippen LogP contribution in [0.5, 0.6) is 5.75 Å². The summed E-state index contributed by atoms with van der Waals surface area (Å²) in [7, 11) is 1.57. The largest absolute Gasteiger partial charge is 0.497 e. The predicted molar refractivity (Wildman–Crippen MR) is 179 cm³/mol. The number of hydrogen-bond donors (Lipinski definition) is 2. The Morgan fingerprint density at radius 2 is 1.74 bits per heavy atom. The first kappa shape index (κ1) is 32.8. The summed E-state index contributed by atoms with van der Waals surface area (Å²) in [5.74, 6) is 1.28. The Morgan fingerprint density at radius 1 is 1.04 bits per heavy atom. The second-order valence-electron chi connectivity index (χ2n) is 11.1. The highest BCUT2D eigenvalue weighted by molar-refractivity contribution is 7.15. The summed E-state index contributed by atoms with van der Waals surface area (Å²) in [4.78, 5) is 41.2. The molecule has 2 amide bonds. The summed E-state index contributed by atoms with van der Waals surface area (Å²) in [6.07, 6.45) is 5.90. The molecule has 238 valence electrons. The number of carbonyl (C=O) groups excluding carboxylic acids is 3. The van der Waals surface area contributed by atoms with E-state index in [9.17, 15) is 14.4 Å². The average Bonchev–Trinajstić information content (AvgIpc) is 3.50. The van der Waals surface area contributed by atoms with Gasteiger partial charge in [-0.15, -0.1) is 21.5 Å². The van der Waals surface area contributed by atoms with E-state index in [0.717, 1.165) is 46.1 Å². The molecule has 12 heteroatoms. The van der Waals surface area contributed by atoms with Crippen LogP contribution in [0, 0.1) is 20.8 Å². The van der Waals surface area contributed by atoms with E-state index in [4.69, 9.17) is 27.1 Å². The fourth-order valence-corrected chi connectivity index (χ4v) is 6.47. The number of amides is 2. The van der Waals surface area contributed by atoms with Crippen molar-refractivity contribution in [1.29, 1.82) is 0 Å². The van der Waals surface area contributed by atoms with Gasteiger partial charge in [0, 0.05) is 38.7 Å². The topological polar surface area (TPSA) is 142 Å². The monoisotopic (exact) mass is 658 g/mol. The van der Waals surface area contributed by atoms with Gasteiger partial charge in [-0.1, -0.05) is 23.7 Å². The van der Waals surface area contributed by atoms with Gasteiger partial charge in [0.25, 0.3) is 0 Å². The number of aryl methyl sites for hydroxylation is 2. The predicted octanol–water partition coefficient (Wildman–Crippen LogP) is 5.78. The van der Waals surface area contributed by atoms with Crippen LogP contribution in [-0.2, 0) is 9.59 Å². The van der Waals surface area contributed by atoms with Crippen molar-refractivity contribution in [2.45, 2.75) is 58.5 Å². The van der Waals surface area contributed by atoms with Crippen LogP contribution < -0.4 is 15.8 Å². The number of allylic oxidation sites excluding steroid dienone is 1. The summed E-state index contributed by atoms with van der Waals surface area (Å²) >= 11 is 7.74. The Balaban J connectivity index is 0.000000193. The number of halogens is 1. The van der Waals surface area contributed by atoms with Crippen molar-refractivity contribution >= 4 is 46.2 Å². The number of primary amides is 1. The molecular formula is C34H35ClN6O4S. The van der Waals surface area contributed by atoms with Crippen molar-refractivity contribution in [1.82, 2.24) is 20.1 Å². The molecule has 1 atom stereocenters. The number of carbonyl (C=O) groups is 3. The average molecular weight is 659 g/mol. The van der Waals surface area contributed by atoms with Crippen LogP contribution in [0.15, 0.2) is 65.7 Å². The summed E-state index contributed by atoms with van der Waals surface area (Å²) in [5.41, 5.74) is 9.98. The molecular weight excluding hydrogens is 624 g/mol. The number of thiophene rings is 1. The SMILES string of the molecule is COc1ccc(C(=O)/C=C/C(=O)NC2CCC2)cc1.Cc1sc2c(c1C)C(c1ccc(Cl)cc1)=NC(CC(N)=O)c1nnc(C)n1-2. The third-order valence-corrected chi connectivity index (χ3v) is 9.41. The Labute approximate surface area is 276 Å². The van der Waals surface area contributed by atoms with Crippen LogP contribution in [0.3, 0.4) is 0 Å². The van der Waals surface area contributed by atoms with E-state index >= 15 is 0 Å². The van der Waals surface area contributed by atoms with Gasteiger partial charge in [0.2, 0.25) is 11.8 Å². The highest BCUT2D eigenvalue weighted by atomic mass is 35.5. The number of methoxy groups -OCH3 is 1. The van der Waals surface area contributed by atoms with Crippen molar-refractivity contribution in [3.05, 3.63) is 104 Å². The van der Waals surface area contributed by atoms with Crippen LogP contribution in [0.25, 0.3) is 5.00 Å². The molecule has 3 N–H and O–H groups in total. The van der Waals surface area contributed by atoms with Gasteiger partial charge in [-0.25, -0.2) is 0 Å². The van der Waals surface area contributed by atoms with E-state index in [-0.39, 0.29) is 24.2 Å². The van der Waals surface area contributed by atoms with Gasteiger partial charge in [0.1, 0.15) is 22.6 Å². The second-order valence-corrected chi connectivity index (χ2v) is 12.8. The van der Waals surface area contributed by atoms with Gasteiger partial charge in [-0.05, 0) is 88.1 Å². The standard InChI is InChI=1S/C19H18ClN5OS.C15H17NO3/c1-9-10(2)27-19-16(9)17(12-4-6-13(20)7-5-12)22-14(8-15(21)26)18-24-23-11(3)25(18)19;1-19-13-7-5-11(6-8-13)14(17)9-10-15(18)16-12-3-2-4-12/h4-7,14H,8H2,1-3H3,(H2,21,26);5-10,12H,2-4H2,1H3,(H,16,18)/b;10-9+. The zero-order chi connectivity index (χ0) is 33.0. The van der Waals surface area contributed by atoms with Gasteiger partial charge in [-0.2, -0.15) is 0 Å². The Kier molecular flexibility index (Phi) is 10.1. The quantitative estimate of drug-likeness (QED) is 0.182. The maximum atomic E-state index is 11.8. The zero-order valence-electron chi connectivity index (χ0n) is 26.0. The second kappa shape index (κ2) is 14.2. The molecule has 0 saturated heterocycles. The van der Waals surface area contributed by atoms with Gasteiger partial charge < -0.3 is 15.8 Å². The zero-order valence-corrected chi connectivity index (χ0v) is 27.6.